The molecule has 1 N–H and O–H groups in total. The normalized spacial score (nSPS) is 18.2. The molecule has 1 atom stereocenters. The van der Waals surface area contributed by atoms with Crippen molar-refractivity contribution in [3.05, 3.63) is 29.8 Å². The van der Waals surface area contributed by atoms with Gasteiger partial charge in [0.05, 0.1) is 7.11 Å². The van der Waals surface area contributed by atoms with Gasteiger partial charge in [0.25, 0.3) is 0 Å². The van der Waals surface area contributed by atoms with E-state index in [-0.39, 0.29) is 0 Å². The van der Waals surface area contributed by atoms with Crippen LogP contribution in [0.25, 0.3) is 0 Å². The lowest BCUT2D eigenvalue weighted by molar-refractivity contribution is 0.273. The quantitative estimate of drug-likeness (QED) is 0.686. The molecule has 122 valence electrons. The predicted octanol–water partition coefficient (Wildman–Crippen LogP) is 3.11. The zero-order chi connectivity index (χ0) is 15.9. The third kappa shape index (κ3) is 4.15. The second-order valence-electron chi connectivity index (χ2n) is 6.24. The van der Waals surface area contributed by atoms with Gasteiger partial charge in [-0.25, -0.2) is 0 Å². The molecule has 1 fully saturated rings. The van der Waals surface area contributed by atoms with Crippen LogP contribution >= 0.6 is 0 Å². The largest absolute Gasteiger partial charge is 0.496 e. The smallest absolute Gasteiger partial charge is 0.193 e. The fourth-order valence-electron chi connectivity index (χ4n) is 2.98. The maximum Gasteiger partial charge on any atom is 0.193 e. The molecule has 1 aliphatic heterocycles. The number of hydrogen-bond acceptors (Lipinski definition) is 2. The fraction of sp³-hybridized carbons (Fsp3) is 0.611. The number of rotatable bonds is 4. The molecular formula is C18H29N3O. The summed E-state index contributed by atoms with van der Waals surface area (Å²) in [4.78, 5) is 6.82. The minimum absolute atomic E-state index is 0.372. The molecular weight excluding hydrogens is 274 g/mol. The summed E-state index contributed by atoms with van der Waals surface area (Å²) >= 11 is 0. The first kappa shape index (κ1) is 16.7. The Morgan fingerprint density at radius 1 is 1.36 bits per heavy atom. The van der Waals surface area contributed by atoms with Crippen molar-refractivity contribution in [3.63, 3.8) is 0 Å². The Balaban J connectivity index is 1.93. The highest BCUT2D eigenvalue weighted by Crippen LogP contribution is 2.25. The molecule has 2 rings (SSSR count). The monoisotopic (exact) mass is 303 g/mol. The SMILES string of the molecule is CN=C(NCC(C)c1ccccc1OC)N1CCC(C)CC1. The first-order valence-electron chi connectivity index (χ1n) is 8.24. The molecule has 1 unspecified atom stereocenters. The third-order valence-electron chi connectivity index (χ3n) is 4.53. The summed E-state index contributed by atoms with van der Waals surface area (Å²) in [6.45, 7) is 7.61. The number of ether oxygens (including phenoxy) is 1. The molecule has 0 radical (unpaired) electrons. The lowest BCUT2D eigenvalue weighted by Crippen LogP contribution is -2.46. The van der Waals surface area contributed by atoms with Crippen LogP contribution in [0.1, 0.15) is 38.2 Å². The van der Waals surface area contributed by atoms with Crippen molar-refractivity contribution in [1.29, 1.82) is 0 Å². The lowest BCUT2D eigenvalue weighted by atomic mass is 9.99. The second-order valence-corrected chi connectivity index (χ2v) is 6.24. The van der Waals surface area contributed by atoms with Crippen LogP contribution in [0.2, 0.25) is 0 Å². The van der Waals surface area contributed by atoms with Crippen molar-refractivity contribution < 1.29 is 4.74 Å². The molecule has 0 bridgehead atoms. The van der Waals surface area contributed by atoms with Crippen molar-refractivity contribution in [1.82, 2.24) is 10.2 Å². The van der Waals surface area contributed by atoms with Crippen LogP contribution in [-0.2, 0) is 0 Å². The van der Waals surface area contributed by atoms with Crippen LogP contribution in [0.15, 0.2) is 29.3 Å². The van der Waals surface area contributed by atoms with E-state index in [4.69, 9.17) is 4.74 Å². The molecule has 22 heavy (non-hydrogen) atoms. The molecule has 1 aromatic rings. The second kappa shape index (κ2) is 8.06. The Hall–Kier alpha value is -1.71. The van der Waals surface area contributed by atoms with Crippen LogP contribution in [0.3, 0.4) is 0 Å². The van der Waals surface area contributed by atoms with E-state index in [1.54, 1.807) is 7.11 Å². The summed E-state index contributed by atoms with van der Waals surface area (Å²) in [5.74, 6) is 3.19. The zero-order valence-electron chi connectivity index (χ0n) is 14.3. The third-order valence-corrected chi connectivity index (χ3v) is 4.53. The number of nitrogens with zero attached hydrogens (tertiary/aromatic N) is 2. The van der Waals surface area contributed by atoms with Crippen LogP contribution in [0.4, 0.5) is 0 Å². The molecule has 1 aliphatic rings. The standard InChI is InChI=1S/C18H29N3O/c1-14-9-11-21(12-10-14)18(19-3)20-13-15(2)16-7-5-6-8-17(16)22-4/h5-8,14-15H,9-13H2,1-4H3,(H,19,20). The van der Waals surface area contributed by atoms with Crippen LogP contribution in [0, 0.1) is 5.92 Å². The average Bonchev–Trinajstić information content (AvgIpc) is 2.56. The Morgan fingerprint density at radius 3 is 2.68 bits per heavy atom. The van der Waals surface area contributed by atoms with Crippen LogP contribution < -0.4 is 10.1 Å². The molecule has 0 aromatic heterocycles. The molecule has 4 nitrogen and oxygen atoms in total. The number of piperidine rings is 1. The highest BCUT2D eigenvalue weighted by molar-refractivity contribution is 5.80. The molecule has 1 heterocycles. The summed E-state index contributed by atoms with van der Waals surface area (Å²) in [6.07, 6.45) is 2.51. The minimum atomic E-state index is 0.372. The van der Waals surface area contributed by atoms with E-state index in [1.165, 1.54) is 18.4 Å². The van der Waals surface area contributed by atoms with Gasteiger partial charge in [-0.1, -0.05) is 32.0 Å². The number of likely N-dealkylation sites (tertiary alicyclic amines) is 1. The number of guanidine groups is 1. The van der Waals surface area contributed by atoms with Crippen molar-refractivity contribution in [2.45, 2.75) is 32.6 Å². The Morgan fingerprint density at radius 2 is 2.05 bits per heavy atom. The zero-order valence-corrected chi connectivity index (χ0v) is 14.3. The summed E-state index contributed by atoms with van der Waals surface area (Å²) in [5, 5.41) is 3.52. The number of hydrogen-bond donors (Lipinski definition) is 1. The molecule has 4 heteroatoms. The van der Waals surface area contributed by atoms with Gasteiger partial charge in [-0.2, -0.15) is 0 Å². The van der Waals surface area contributed by atoms with Crippen molar-refractivity contribution in [2.24, 2.45) is 10.9 Å². The Bertz CT molecular complexity index is 493. The van der Waals surface area contributed by atoms with Crippen molar-refractivity contribution in [2.75, 3.05) is 33.8 Å². The molecule has 0 spiro atoms. The van der Waals surface area contributed by atoms with Gasteiger partial charge in [-0.3, -0.25) is 4.99 Å². The van der Waals surface area contributed by atoms with Crippen molar-refractivity contribution in [3.8, 4) is 5.75 Å². The topological polar surface area (TPSA) is 36.9 Å². The van der Waals surface area contributed by atoms with Gasteiger partial charge in [0.2, 0.25) is 0 Å². The Labute approximate surface area is 134 Å². The lowest BCUT2D eigenvalue weighted by Gasteiger charge is -2.33. The Kier molecular flexibility index (Phi) is 6.10. The number of benzene rings is 1. The number of methoxy groups -OCH3 is 1. The highest BCUT2D eigenvalue weighted by atomic mass is 16.5. The van der Waals surface area contributed by atoms with E-state index in [9.17, 15) is 0 Å². The maximum absolute atomic E-state index is 5.46. The maximum atomic E-state index is 5.46. The highest BCUT2D eigenvalue weighted by Gasteiger charge is 2.19. The van der Waals surface area contributed by atoms with Crippen molar-refractivity contribution >= 4 is 5.96 Å². The van der Waals surface area contributed by atoms with E-state index in [2.05, 4.69) is 41.2 Å². The first-order chi connectivity index (χ1) is 10.7. The number of aliphatic imine (C=N–C) groups is 1. The molecule has 0 saturated carbocycles. The van der Waals surface area contributed by atoms with E-state index < -0.39 is 0 Å². The van der Waals surface area contributed by atoms with Crippen LogP contribution in [-0.4, -0.2) is 44.7 Å². The number of nitrogens with one attached hydrogen (secondary N) is 1. The van der Waals surface area contributed by atoms with E-state index >= 15 is 0 Å². The van der Waals surface area contributed by atoms with Gasteiger partial charge in [-0.05, 0) is 30.4 Å². The van der Waals surface area contributed by atoms with E-state index in [0.29, 0.717) is 5.92 Å². The summed E-state index contributed by atoms with van der Waals surface area (Å²) < 4.78 is 5.46. The summed E-state index contributed by atoms with van der Waals surface area (Å²) in [6, 6.07) is 8.23. The number of para-hydroxylation sites is 1. The van der Waals surface area contributed by atoms with Gasteiger partial charge in [0.1, 0.15) is 5.75 Å². The van der Waals surface area contributed by atoms with E-state index in [0.717, 1.165) is 37.3 Å². The van der Waals surface area contributed by atoms with Crippen LogP contribution in [0.5, 0.6) is 5.75 Å². The van der Waals surface area contributed by atoms with Gasteiger partial charge >= 0.3 is 0 Å². The van der Waals surface area contributed by atoms with E-state index in [1.807, 2.05) is 19.2 Å². The minimum Gasteiger partial charge on any atom is -0.496 e. The first-order valence-corrected chi connectivity index (χ1v) is 8.24. The summed E-state index contributed by atoms with van der Waals surface area (Å²) in [7, 11) is 3.60. The average molecular weight is 303 g/mol. The molecule has 0 amide bonds. The fourth-order valence-corrected chi connectivity index (χ4v) is 2.98. The van der Waals surface area contributed by atoms with Gasteiger partial charge < -0.3 is 15.0 Å². The van der Waals surface area contributed by atoms with Gasteiger partial charge in [-0.15, -0.1) is 0 Å². The predicted molar refractivity (Wildman–Crippen MR) is 92.7 cm³/mol. The molecule has 0 aliphatic carbocycles. The van der Waals surface area contributed by atoms with Gasteiger partial charge in [0, 0.05) is 32.6 Å². The van der Waals surface area contributed by atoms with Gasteiger partial charge in [0.15, 0.2) is 5.96 Å². The molecule has 1 aromatic carbocycles. The summed E-state index contributed by atoms with van der Waals surface area (Å²) in [5.41, 5.74) is 1.24. The molecule has 1 saturated heterocycles.